The summed E-state index contributed by atoms with van der Waals surface area (Å²) in [7, 11) is 1.36. The normalized spacial score (nSPS) is 11.8. The van der Waals surface area contributed by atoms with E-state index >= 15 is 0 Å². The zero-order valence-corrected chi connectivity index (χ0v) is 12.4. The van der Waals surface area contributed by atoms with Crippen molar-refractivity contribution >= 4 is 11.9 Å². The van der Waals surface area contributed by atoms with Crippen molar-refractivity contribution in [2.45, 2.75) is 45.6 Å². The molecule has 0 aliphatic carbocycles. The third kappa shape index (κ3) is 5.87. The van der Waals surface area contributed by atoms with Crippen LogP contribution in [0.1, 0.15) is 37.3 Å². The third-order valence-electron chi connectivity index (χ3n) is 3.22. The molecule has 1 aromatic carbocycles. The molecule has 1 atom stereocenters. The van der Waals surface area contributed by atoms with Gasteiger partial charge in [0, 0.05) is 12.5 Å². The van der Waals surface area contributed by atoms with Gasteiger partial charge in [-0.3, -0.25) is 9.59 Å². The standard InChI is InChI=1S/C16H23NO3/c1-4-14(11-16(19)20-3)17-15(18)9-8-13-7-5-6-12(2)10-13/h5-7,10,14H,4,8-9,11H2,1-3H3,(H,17,18). The molecular formula is C16H23NO3. The Morgan fingerprint density at radius 1 is 1.35 bits per heavy atom. The Hall–Kier alpha value is -1.84. The van der Waals surface area contributed by atoms with E-state index in [-0.39, 0.29) is 24.3 Å². The molecule has 1 amide bonds. The third-order valence-corrected chi connectivity index (χ3v) is 3.22. The lowest BCUT2D eigenvalue weighted by Crippen LogP contribution is -2.36. The Labute approximate surface area is 120 Å². The molecule has 0 spiro atoms. The maximum atomic E-state index is 11.9. The van der Waals surface area contributed by atoms with Crippen LogP contribution in [-0.2, 0) is 20.7 Å². The average molecular weight is 277 g/mol. The van der Waals surface area contributed by atoms with Gasteiger partial charge in [-0.1, -0.05) is 36.8 Å². The topological polar surface area (TPSA) is 55.4 Å². The van der Waals surface area contributed by atoms with Crippen molar-refractivity contribution in [1.29, 1.82) is 0 Å². The molecule has 0 aliphatic heterocycles. The molecule has 1 aromatic rings. The van der Waals surface area contributed by atoms with Crippen LogP contribution >= 0.6 is 0 Å². The Kier molecular flexibility index (Phi) is 6.77. The molecule has 4 nitrogen and oxygen atoms in total. The first-order chi connectivity index (χ1) is 9.55. The number of rotatable bonds is 7. The number of nitrogens with one attached hydrogen (secondary N) is 1. The van der Waals surface area contributed by atoms with Gasteiger partial charge in [0.1, 0.15) is 0 Å². The molecule has 0 bridgehead atoms. The second-order valence-electron chi connectivity index (χ2n) is 4.94. The predicted octanol–water partition coefficient (Wildman–Crippen LogP) is 2.39. The molecule has 0 radical (unpaired) electrons. The number of methoxy groups -OCH3 is 1. The quantitative estimate of drug-likeness (QED) is 0.779. The number of carbonyl (C=O) groups is 2. The van der Waals surface area contributed by atoms with Crippen LogP contribution in [0.25, 0.3) is 0 Å². The predicted molar refractivity (Wildman–Crippen MR) is 78.4 cm³/mol. The summed E-state index contributed by atoms with van der Waals surface area (Å²) in [6, 6.07) is 7.99. The van der Waals surface area contributed by atoms with Crippen LogP contribution in [-0.4, -0.2) is 25.0 Å². The molecule has 0 aromatic heterocycles. The summed E-state index contributed by atoms with van der Waals surface area (Å²) in [4.78, 5) is 23.1. The summed E-state index contributed by atoms with van der Waals surface area (Å²) >= 11 is 0. The summed E-state index contributed by atoms with van der Waals surface area (Å²) in [6.45, 7) is 3.97. The lowest BCUT2D eigenvalue weighted by atomic mass is 10.1. The highest BCUT2D eigenvalue weighted by molar-refractivity contribution is 5.77. The molecule has 0 aliphatic rings. The Morgan fingerprint density at radius 3 is 2.70 bits per heavy atom. The van der Waals surface area contributed by atoms with E-state index in [0.717, 1.165) is 5.56 Å². The Morgan fingerprint density at radius 2 is 2.10 bits per heavy atom. The first-order valence-electron chi connectivity index (χ1n) is 6.96. The van der Waals surface area contributed by atoms with Crippen molar-refractivity contribution in [2.24, 2.45) is 0 Å². The molecule has 0 fully saturated rings. The highest BCUT2D eigenvalue weighted by Crippen LogP contribution is 2.07. The van der Waals surface area contributed by atoms with Crippen molar-refractivity contribution in [3.8, 4) is 0 Å². The van der Waals surface area contributed by atoms with Gasteiger partial charge in [0.2, 0.25) is 5.91 Å². The maximum absolute atomic E-state index is 11.9. The van der Waals surface area contributed by atoms with Crippen molar-refractivity contribution in [3.63, 3.8) is 0 Å². The number of aryl methyl sites for hydroxylation is 2. The van der Waals surface area contributed by atoms with Crippen LogP contribution in [0.3, 0.4) is 0 Å². The SMILES string of the molecule is CCC(CC(=O)OC)NC(=O)CCc1cccc(C)c1. The molecule has 0 saturated heterocycles. The summed E-state index contributed by atoms with van der Waals surface area (Å²) in [5, 5.41) is 2.88. The monoisotopic (exact) mass is 277 g/mol. The molecular weight excluding hydrogens is 254 g/mol. The lowest BCUT2D eigenvalue weighted by Gasteiger charge is -2.15. The van der Waals surface area contributed by atoms with Gasteiger partial charge in [-0.2, -0.15) is 0 Å². The van der Waals surface area contributed by atoms with E-state index in [9.17, 15) is 9.59 Å². The zero-order valence-electron chi connectivity index (χ0n) is 12.4. The zero-order chi connectivity index (χ0) is 15.0. The molecule has 1 rings (SSSR count). The van der Waals surface area contributed by atoms with Crippen molar-refractivity contribution in [1.82, 2.24) is 5.32 Å². The minimum atomic E-state index is -0.296. The molecule has 1 unspecified atom stereocenters. The summed E-state index contributed by atoms with van der Waals surface area (Å²) < 4.78 is 4.62. The molecule has 20 heavy (non-hydrogen) atoms. The van der Waals surface area contributed by atoms with Gasteiger partial charge in [0.05, 0.1) is 13.5 Å². The van der Waals surface area contributed by atoms with Gasteiger partial charge >= 0.3 is 5.97 Å². The summed E-state index contributed by atoms with van der Waals surface area (Å²) in [5.41, 5.74) is 2.35. The molecule has 0 heterocycles. The maximum Gasteiger partial charge on any atom is 0.307 e. The molecule has 4 heteroatoms. The van der Waals surface area contributed by atoms with Gasteiger partial charge in [0.15, 0.2) is 0 Å². The Bertz CT molecular complexity index is 457. The fraction of sp³-hybridized carbons (Fsp3) is 0.500. The largest absolute Gasteiger partial charge is 0.469 e. The van der Waals surface area contributed by atoms with Crippen molar-refractivity contribution in [3.05, 3.63) is 35.4 Å². The number of hydrogen-bond acceptors (Lipinski definition) is 3. The average Bonchev–Trinajstić information content (AvgIpc) is 2.44. The smallest absolute Gasteiger partial charge is 0.307 e. The highest BCUT2D eigenvalue weighted by Gasteiger charge is 2.14. The minimum absolute atomic E-state index is 0.0257. The number of carbonyl (C=O) groups excluding carboxylic acids is 2. The van der Waals surface area contributed by atoms with E-state index in [0.29, 0.717) is 19.3 Å². The number of benzene rings is 1. The van der Waals surface area contributed by atoms with E-state index in [2.05, 4.69) is 16.1 Å². The molecule has 1 N–H and O–H groups in total. The first-order valence-corrected chi connectivity index (χ1v) is 6.96. The first kappa shape index (κ1) is 16.2. The van der Waals surface area contributed by atoms with Crippen LogP contribution in [0.15, 0.2) is 24.3 Å². The summed E-state index contributed by atoms with van der Waals surface area (Å²) in [6.07, 6.45) is 2.08. The number of ether oxygens (including phenoxy) is 1. The summed E-state index contributed by atoms with van der Waals surface area (Å²) in [5.74, 6) is -0.321. The number of hydrogen-bond donors (Lipinski definition) is 1. The van der Waals surface area contributed by atoms with E-state index < -0.39 is 0 Å². The highest BCUT2D eigenvalue weighted by atomic mass is 16.5. The fourth-order valence-electron chi connectivity index (χ4n) is 2.01. The molecule has 0 saturated carbocycles. The number of esters is 1. The van der Waals surface area contributed by atoms with Crippen molar-refractivity contribution in [2.75, 3.05) is 7.11 Å². The second kappa shape index (κ2) is 8.35. The van der Waals surface area contributed by atoms with Gasteiger partial charge < -0.3 is 10.1 Å². The van der Waals surface area contributed by atoms with Gasteiger partial charge in [-0.05, 0) is 25.3 Å². The van der Waals surface area contributed by atoms with E-state index in [1.807, 2.05) is 32.0 Å². The fourth-order valence-corrected chi connectivity index (χ4v) is 2.01. The van der Waals surface area contributed by atoms with Crippen LogP contribution < -0.4 is 5.32 Å². The van der Waals surface area contributed by atoms with Crippen LogP contribution in [0.2, 0.25) is 0 Å². The van der Waals surface area contributed by atoms with Crippen LogP contribution in [0.5, 0.6) is 0 Å². The van der Waals surface area contributed by atoms with Gasteiger partial charge in [0.25, 0.3) is 0 Å². The van der Waals surface area contributed by atoms with E-state index in [1.54, 1.807) is 0 Å². The van der Waals surface area contributed by atoms with Gasteiger partial charge in [-0.15, -0.1) is 0 Å². The number of amides is 1. The van der Waals surface area contributed by atoms with Crippen LogP contribution in [0.4, 0.5) is 0 Å². The van der Waals surface area contributed by atoms with Gasteiger partial charge in [-0.25, -0.2) is 0 Å². The van der Waals surface area contributed by atoms with E-state index in [1.165, 1.54) is 12.7 Å². The second-order valence-corrected chi connectivity index (χ2v) is 4.94. The minimum Gasteiger partial charge on any atom is -0.469 e. The van der Waals surface area contributed by atoms with Crippen molar-refractivity contribution < 1.29 is 14.3 Å². The lowest BCUT2D eigenvalue weighted by molar-refractivity contribution is -0.141. The molecule has 110 valence electrons. The van der Waals surface area contributed by atoms with E-state index in [4.69, 9.17) is 0 Å². The van der Waals surface area contributed by atoms with Crippen LogP contribution in [0, 0.1) is 6.92 Å². The Balaban J connectivity index is 2.40.